The highest BCUT2D eigenvalue weighted by Gasteiger charge is 2.22. The Morgan fingerprint density at radius 1 is 0.964 bits per heavy atom. The molecule has 1 amide bonds. The van der Waals surface area contributed by atoms with Crippen molar-refractivity contribution in [2.75, 3.05) is 0 Å². The summed E-state index contributed by atoms with van der Waals surface area (Å²) in [6.45, 7) is 14.8. The Morgan fingerprint density at radius 3 is 2.11 bits per heavy atom. The van der Waals surface area contributed by atoms with E-state index in [-0.39, 0.29) is 17.4 Å². The van der Waals surface area contributed by atoms with Gasteiger partial charge in [0.25, 0.3) is 5.91 Å². The number of ether oxygens (including phenoxy) is 1. The summed E-state index contributed by atoms with van der Waals surface area (Å²) < 4.78 is 6.01. The van der Waals surface area contributed by atoms with E-state index in [1.807, 2.05) is 19.1 Å². The smallest absolute Gasteiger partial charge is 0.261 e. The van der Waals surface area contributed by atoms with Crippen molar-refractivity contribution in [3.63, 3.8) is 0 Å². The van der Waals surface area contributed by atoms with E-state index < -0.39 is 6.10 Å². The molecule has 2 rings (SSSR count). The molecule has 3 heteroatoms. The average molecular weight is 382 g/mol. The number of carbonyl (C=O) groups excluding carboxylic acids is 1. The summed E-state index contributed by atoms with van der Waals surface area (Å²) in [6, 6.07) is 14.4. The van der Waals surface area contributed by atoms with Gasteiger partial charge in [-0.05, 0) is 66.5 Å². The molecule has 0 saturated carbocycles. The molecule has 0 aliphatic rings. The third-order valence-corrected chi connectivity index (χ3v) is 5.32. The van der Waals surface area contributed by atoms with Gasteiger partial charge in [-0.25, -0.2) is 0 Å². The van der Waals surface area contributed by atoms with Crippen LogP contribution in [0.15, 0.2) is 42.5 Å². The maximum absolute atomic E-state index is 12.9. The van der Waals surface area contributed by atoms with E-state index in [2.05, 4.69) is 77.2 Å². The summed E-state index contributed by atoms with van der Waals surface area (Å²) in [6.07, 6.45) is 0.960. The van der Waals surface area contributed by atoms with Crippen LogP contribution in [0.3, 0.4) is 0 Å². The maximum atomic E-state index is 12.9. The summed E-state index contributed by atoms with van der Waals surface area (Å²) >= 11 is 0. The number of aryl methyl sites for hydroxylation is 2. The van der Waals surface area contributed by atoms with Crippen molar-refractivity contribution in [3.05, 3.63) is 64.7 Å². The fourth-order valence-corrected chi connectivity index (χ4v) is 3.19. The van der Waals surface area contributed by atoms with Crippen LogP contribution in [0.4, 0.5) is 0 Å². The molecular weight excluding hydrogens is 346 g/mol. The first kappa shape index (κ1) is 22.0. The Hall–Kier alpha value is -2.29. The van der Waals surface area contributed by atoms with E-state index in [0.717, 1.165) is 17.7 Å². The molecule has 1 N–H and O–H groups in total. The second-order valence-corrected chi connectivity index (χ2v) is 8.60. The van der Waals surface area contributed by atoms with Crippen LogP contribution in [0.1, 0.15) is 75.8 Å². The van der Waals surface area contributed by atoms with Crippen LogP contribution in [0, 0.1) is 13.8 Å². The van der Waals surface area contributed by atoms with Crippen LogP contribution in [-0.2, 0) is 10.2 Å². The van der Waals surface area contributed by atoms with Crippen LogP contribution in [0.5, 0.6) is 5.75 Å². The van der Waals surface area contributed by atoms with Crippen molar-refractivity contribution < 1.29 is 9.53 Å². The maximum Gasteiger partial charge on any atom is 0.261 e. The molecule has 0 fully saturated rings. The molecule has 0 aliphatic carbocycles. The second-order valence-electron chi connectivity index (χ2n) is 8.60. The Kier molecular flexibility index (Phi) is 7.29. The molecule has 2 atom stereocenters. The van der Waals surface area contributed by atoms with E-state index in [1.165, 1.54) is 16.7 Å². The number of hydrogen-bond acceptors (Lipinski definition) is 2. The zero-order valence-electron chi connectivity index (χ0n) is 18.4. The first-order chi connectivity index (χ1) is 13.2. The molecular formula is C25H35NO2. The first-order valence-electron chi connectivity index (χ1n) is 10.3. The van der Waals surface area contributed by atoms with E-state index in [1.54, 1.807) is 0 Å². The number of rotatable bonds is 7. The largest absolute Gasteiger partial charge is 0.481 e. The summed E-state index contributed by atoms with van der Waals surface area (Å²) in [5.74, 6) is 0.668. The Bertz CT molecular complexity index is 787. The van der Waals surface area contributed by atoms with Gasteiger partial charge in [0.2, 0.25) is 0 Å². The predicted octanol–water partition coefficient (Wildman–Crippen LogP) is 6.03. The second kappa shape index (κ2) is 9.27. The molecule has 0 saturated heterocycles. The number of amides is 1. The molecule has 28 heavy (non-hydrogen) atoms. The molecule has 0 bridgehead atoms. The SMILES string of the molecule is CC[C@H](Oc1ccc(C(C)(C)C)cc1)C(=O)N[C@H](CC)c1ccc(C)c(C)c1. The van der Waals surface area contributed by atoms with Gasteiger partial charge in [-0.15, -0.1) is 0 Å². The van der Waals surface area contributed by atoms with Crippen molar-refractivity contribution in [2.45, 2.75) is 78.9 Å². The minimum atomic E-state index is -0.499. The quantitative estimate of drug-likeness (QED) is 0.636. The minimum absolute atomic E-state index is 0.00674. The van der Waals surface area contributed by atoms with Crippen molar-refractivity contribution in [3.8, 4) is 5.75 Å². The highest BCUT2D eigenvalue weighted by Crippen LogP contribution is 2.25. The number of carbonyl (C=O) groups is 1. The zero-order valence-corrected chi connectivity index (χ0v) is 18.4. The van der Waals surface area contributed by atoms with E-state index in [9.17, 15) is 4.79 Å². The van der Waals surface area contributed by atoms with Crippen LogP contribution in [-0.4, -0.2) is 12.0 Å². The average Bonchev–Trinajstić information content (AvgIpc) is 2.66. The van der Waals surface area contributed by atoms with Gasteiger partial charge in [0.15, 0.2) is 6.10 Å². The molecule has 0 unspecified atom stereocenters. The van der Waals surface area contributed by atoms with Gasteiger partial charge in [-0.3, -0.25) is 4.79 Å². The fraction of sp³-hybridized carbons (Fsp3) is 0.480. The summed E-state index contributed by atoms with van der Waals surface area (Å²) in [5, 5.41) is 3.17. The number of nitrogens with one attached hydrogen (secondary N) is 1. The lowest BCUT2D eigenvalue weighted by molar-refractivity contribution is -0.128. The van der Waals surface area contributed by atoms with E-state index in [0.29, 0.717) is 6.42 Å². The zero-order chi connectivity index (χ0) is 20.9. The predicted molar refractivity (Wildman–Crippen MR) is 117 cm³/mol. The summed E-state index contributed by atoms with van der Waals surface area (Å²) in [5.41, 5.74) is 4.99. The molecule has 2 aromatic rings. The molecule has 3 nitrogen and oxygen atoms in total. The van der Waals surface area contributed by atoms with Crippen molar-refractivity contribution >= 4 is 5.91 Å². The third kappa shape index (κ3) is 5.60. The van der Waals surface area contributed by atoms with Crippen molar-refractivity contribution in [2.24, 2.45) is 0 Å². The van der Waals surface area contributed by atoms with Gasteiger partial charge in [0.05, 0.1) is 6.04 Å². The lowest BCUT2D eigenvalue weighted by atomic mass is 9.87. The van der Waals surface area contributed by atoms with Crippen molar-refractivity contribution in [1.29, 1.82) is 0 Å². The van der Waals surface area contributed by atoms with E-state index >= 15 is 0 Å². The standard InChI is InChI=1S/C25H35NO2/c1-8-22(19-11-10-17(3)18(4)16-19)26-24(27)23(9-2)28-21-14-12-20(13-15-21)25(5,6)7/h10-16,22-23H,8-9H2,1-7H3,(H,26,27)/t22-,23+/m1/s1. The monoisotopic (exact) mass is 381 g/mol. The Balaban J connectivity index is 2.08. The van der Waals surface area contributed by atoms with Crippen LogP contribution in [0.2, 0.25) is 0 Å². The van der Waals surface area contributed by atoms with Crippen LogP contribution in [0.25, 0.3) is 0 Å². The van der Waals surface area contributed by atoms with Gasteiger partial charge in [-0.1, -0.05) is 65.0 Å². The topological polar surface area (TPSA) is 38.3 Å². The molecule has 0 spiro atoms. The minimum Gasteiger partial charge on any atom is -0.481 e. The number of benzene rings is 2. The van der Waals surface area contributed by atoms with Gasteiger partial charge in [-0.2, -0.15) is 0 Å². The first-order valence-corrected chi connectivity index (χ1v) is 10.3. The molecule has 0 radical (unpaired) electrons. The molecule has 2 aromatic carbocycles. The fourth-order valence-electron chi connectivity index (χ4n) is 3.19. The van der Waals surface area contributed by atoms with Gasteiger partial charge < -0.3 is 10.1 Å². The Morgan fingerprint density at radius 2 is 1.61 bits per heavy atom. The lowest BCUT2D eigenvalue weighted by Gasteiger charge is -2.23. The van der Waals surface area contributed by atoms with Gasteiger partial charge in [0.1, 0.15) is 5.75 Å². The van der Waals surface area contributed by atoms with Crippen LogP contribution < -0.4 is 10.1 Å². The summed E-state index contributed by atoms with van der Waals surface area (Å²) in [4.78, 5) is 12.9. The number of hydrogen-bond donors (Lipinski definition) is 1. The van der Waals surface area contributed by atoms with E-state index in [4.69, 9.17) is 4.74 Å². The van der Waals surface area contributed by atoms with Gasteiger partial charge in [0, 0.05) is 0 Å². The molecule has 0 heterocycles. The third-order valence-electron chi connectivity index (χ3n) is 5.32. The van der Waals surface area contributed by atoms with Crippen molar-refractivity contribution in [1.82, 2.24) is 5.32 Å². The molecule has 0 aliphatic heterocycles. The Labute approximate surface area is 170 Å². The normalized spacial score (nSPS) is 13.7. The highest BCUT2D eigenvalue weighted by molar-refractivity contribution is 5.81. The molecule has 152 valence electrons. The van der Waals surface area contributed by atoms with Gasteiger partial charge >= 0.3 is 0 Å². The van der Waals surface area contributed by atoms with Crippen LogP contribution >= 0.6 is 0 Å². The summed E-state index contributed by atoms with van der Waals surface area (Å²) in [7, 11) is 0. The lowest BCUT2D eigenvalue weighted by Crippen LogP contribution is -2.40. The highest BCUT2D eigenvalue weighted by atomic mass is 16.5. The molecule has 0 aromatic heterocycles.